The zero-order valence-corrected chi connectivity index (χ0v) is 10.7. The smallest absolute Gasteiger partial charge is 0.218 e. The summed E-state index contributed by atoms with van der Waals surface area (Å²) in [6.07, 6.45) is 5.77. The molecule has 1 fully saturated rings. The highest BCUT2D eigenvalue weighted by molar-refractivity contribution is 6.84. The van der Waals surface area contributed by atoms with Crippen LogP contribution in [-0.2, 0) is 4.43 Å². The number of hydrogen-bond acceptors (Lipinski definition) is 1. The Kier molecular flexibility index (Phi) is 3.27. The number of benzene rings is 1. The van der Waals surface area contributed by atoms with Crippen LogP contribution in [0.15, 0.2) is 30.3 Å². The molecule has 2 rings (SSSR count). The van der Waals surface area contributed by atoms with Crippen molar-refractivity contribution in [3.05, 3.63) is 30.3 Å². The molecule has 1 nitrogen and oxygen atoms in total. The van der Waals surface area contributed by atoms with Crippen molar-refractivity contribution in [1.82, 2.24) is 0 Å². The van der Waals surface area contributed by atoms with Gasteiger partial charge in [0.2, 0.25) is 8.32 Å². The molecule has 2 heteroatoms. The van der Waals surface area contributed by atoms with E-state index in [0.29, 0.717) is 6.10 Å². The molecule has 1 aliphatic rings. The van der Waals surface area contributed by atoms with Gasteiger partial charge in [0.1, 0.15) is 0 Å². The van der Waals surface area contributed by atoms with Crippen LogP contribution in [0.4, 0.5) is 0 Å². The molecule has 1 aliphatic carbocycles. The fourth-order valence-electron chi connectivity index (χ4n) is 2.33. The maximum absolute atomic E-state index is 6.32. The van der Waals surface area contributed by atoms with Gasteiger partial charge >= 0.3 is 0 Å². The van der Waals surface area contributed by atoms with Crippen LogP contribution < -0.4 is 5.19 Å². The van der Waals surface area contributed by atoms with Gasteiger partial charge in [0.25, 0.3) is 0 Å². The van der Waals surface area contributed by atoms with Crippen molar-refractivity contribution in [1.29, 1.82) is 0 Å². The van der Waals surface area contributed by atoms with Crippen molar-refractivity contribution < 1.29 is 4.43 Å². The molecule has 0 bridgehead atoms. The van der Waals surface area contributed by atoms with Crippen LogP contribution in [0.3, 0.4) is 0 Å². The van der Waals surface area contributed by atoms with Crippen molar-refractivity contribution >= 4 is 13.5 Å². The van der Waals surface area contributed by atoms with E-state index in [1.54, 1.807) is 0 Å². The Bertz CT molecular complexity index is 302. The molecule has 0 amide bonds. The van der Waals surface area contributed by atoms with Gasteiger partial charge < -0.3 is 4.43 Å². The van der Waals surface area contributed by atoms with E-state index in [4.69, 9.17) is 4.43 Å². The Morgan fingerprint density at radius 2 is 1.67 bits per heavy atom. The van der Waals surface area contributed by atoms with Crippen molar-refractivity contribution in [2.45, 2.75) is 44.9 Å². The predicted molar refractivity (Wildman–Crippen MR) is 66.9 cm³/mol. The highest BCUT2D eigenvalue weighted by Gasteiger charge is 2.29. The molecule has 1 saturated carbocycles. The van der Waals surface area contributed by atoms with Gasteiger partial charge in [0.05, 0.1) is 0 Å². The molecule has 82 valence electrons. The van der Waals surface area contributed by atoms with Gasteiger partial charge in [0.15, 0.2) is 0 Å². The van der Waals surface area contributed by atoms with Crippen LogP contribution in [0.5, 0.6) is 0 Å². The Morgan fingerprint density at radius 1 is 1.07 bits per heavy atom. The summed E-state index contributed by atoms with van der Waals surface area (Å²) in [5.41, 5.74) is 0. The standard InChI is InChI=1S/C13H20OSi/c1-15(2,13-10-4-3-5-11-13)14-12-8-6-7-9-12/h3-5,10-12H,6-9H2,1-2H3. The van der Waals surface area contributed by atoms with E-state index in [2.05, 4.69) is 43.4 Å². The van der Waals surface area contributed by atoms with Crippen LogP contribution in [0.25, 0.3) is 0 Å². The van der Waals surface area contributed by atoms with Crippen molar-refractivity contribution in [2.75, 3.05) is 0 Å². The van der Waals surface area contributed by atoms with E-state index >= 15 is 0 Å². The second-order valence-electron chi connectivity index (χ2n) is 4.90. The fourth-order valence-corrected chi connectivity index (χ4v) is 4.53. The van der Waals surface area contributed by atoms with Gasteiger partial charge in [-0.1, -0.05) is 43.2 Å². The fraction of sp³-hybridized carbons (Fsp3) is 0.538. The van der Waals surface area contributed by atoms with E-state index in [9.17, 15) is 0 Å². The first-order valence-electron chi connectivity index (χ1n) is 5.92. The molecule has 0 unspecified atom stereocenters. The second-order valence-corrected chi connectivity index (χ2v) is 8.73. The topological polar surface area (TPSA) is 9.23 Å². The molecule has 0 atom stereocenters. The molecule has 0 spiro atoms. The third kappa shape index (κ3) is 2.70. The molecule has 1 aromatic rings. The molecule has 0 radical (unpaired) electrons. The molecule has 1 aromatic carbocycles. The van der Waals surface area contributed by atoms with Crippen LogP contribution in [0.1, 0.15) is 25.7 Å². The lowest BCUT2D eigenvalue weighted by Gasteiger charge is -2.27. The molecule has 0 aliphatic heterocycles. The molecule has 0 heterocycles. The molecular weight excluding hydrogens is 200 g/mol. The van der Waals surface area contributed by atoms with Gasteiger partial charge in [-0.25, -0.2) is 0 Å². The maximum Gasteiger partial charge on any atom is 0.218 e. The van der Waals surface area contributed by atoms with Crippen LogP contribution in [-0.4, -0.2) is 14.4 Å². The summed E-state index contributed by atoms with van der Waals surface area (Å²) in [5, 5.41) is 1.41. The zero-order chi connectivity index (χ0) is 10.7. The quantitative estimate of drug-likeness (QED) is 0.711. The lowest BCUT2D eigenvalue weighted by Crippen LogP contribution is -2.46. The zero-order valence-electron chi connectivity index (χ0n) is 9.70. The average molecular weight is 220 g/mol. The van der Waals surface area contributed by atoms with Crippen molar-refractivity contribution in [2.24, 2.45) is 0 Å². The molecule has 15 heavy (non-hydrogen) atoms. The van der Waals surface area contributed by atoms with E-state index in [0.717, 1.165) is 0 Å². The molecular formula is C13H20OSi. The van der Waals surface area contributed by atoms with Gasteiger partial charge in [-0.15, -0.1) is 0 Å². The summed E-state index contributed by atoms with van der Waals surface area (Å²) in [6.45, 7) is 4.61. The molecule has 0 saturated heterocycles. The first kappa shape index (κ1) is 10.9. The first-order chi connectivity index (χ1) is 7.18. The van der Waals surface area contributed by atoms with E-state index < -0.39 is 8.32 Å². The number of rotatable bonds is 3. The van der Waals surface area contributed by atoms with Gasteiger partial charge in [0, 0.05) is 6.10 Å². The van der Waals surface area contributed by atoms with Crippen LogP contribution in [0, 0.1) is 0 Å². The van der Waals surface area contributed by atoms with Crippen molar-refractivity contribution in [3.8, 4) is 0 Å². The van der Waals surface area contributed by atoms with Crippen LogP contribution >= 0.6 is 0 Å². The van der Waals surface area contributed by atoms with Crippen molar-refractivity contribution in [3.63, 3.8) is 0 Å². The Hall–Kier alpha value is -0.603. The van der Waals surface area contributed by atoms with Gasteiger partial charge in [-0.3, -0.25) is 0 Å². The third-order valence-corrected chi connectivity index (χ3v) is 5.88. The predicted octanol–water partition coefficient (Wildman–Crippen LogP) is 3.06. The van der Waals surface area contributed by atoms with Gasteiger partial charge in [-0.05, 0) is 31.1 Å². The van der Waals surface area contributed by atoms with Crippen LogP contribution in [0.2, 0.25) is 13.1 Å². The lowest BCUT2D eigenvalue weighted by molar-refractivity contribution is 0.205. The largest absolute Gasteiger partial charge is 0.410 e. The summed E-state index contributed by atoms with van der Waals surface area (Å²) >= 11 is 0. The Labute approximate surface area is 93.6 Å². The Morgan fingerprint density at radius 3 is 2.27 bits per heavy atom. The summed E-state index contributed by atoms with van der Waals surface area (Å²) in [7, 11) is -1.64. The van der Waals surface area contributed by atoms with E-state index in [1.807, 2.05) is 0 Å². The first-order valence-corrected chi connectivity index (χ1v) is 8.83. The number of hydrogen-bond donors (Lipinski definition) is 0. The van der Waals surface area contributed by atoms with E-state index in [1.165, 1.54) is 30.9 Å². The van der Waals surface area contributed by atoms with Gasteiger partial charge in [-0.2, -0.15) is 0 Å². The summed E-state index contributed by atoms with van der Waals surface area (Å²) in [6, 6.07) is 10.7. The van der Waals surface area contributed by atoms with E-state index in [-0.39, 0.29) is 0 Å². The summed E-state index contributed by atoms with van der Waals surface area (Å²) < 4.78 is 6.32. The highest BCUT2D eigenvalue weighted by Crippen LogP contribution is 2.24. The summed E-state index contributed by atoms with van der Waals surface area (Å²) in [5.74, 6) is 0. The lowest BCUT2D eigenvalue weighted by atomic mass is 10.3. The highest BCUT2D eigenvalue weighted by atomic mass is 28.4. The monoisotopic (exact) mass is 220 g/mol. The third-order valence-electron chi connectivity index (χ3n) is 3.23. The maximum atomic E-state index is 6.32. The minimum absolute atomic E-state index is 0.534. The SMILES string of the molecule is C[Si](C)(OC1CCCC1)c1ccccc1. The normalized spacial score (nSPS) is 18.3. The summed E-state index contributed by atoms with van der Waals surface area (Å²) in [4.78, 5) is 0. The Balaban J connectivity index is 2.05. The molecule has 0 aromatic heterocycles. The molecule has 0 N–H and O–H groups in total. The minimum Gasteiger partial charge on any atom is -0.410 e. The minimum atomic E-state index is -1.64. The second kappa shape index (κ2) is 4.50. The average Bonchev–Trinajstić information content (AvgIpc) is 2.71.